The fourth-order valence-electron chi connectivity index (χ4n) is 3.00. The Morgan fingerprint density at radius 1 is 1.25 bits per heavy atom. The van der Waals surface area contributed by atoms with E-state index in [1.54, 1.807) is 0 Å². The van der Waals surface area contributed by atoms with E-state index in [1.165, 1.54) is 12.8 Å². The second-order valence-electron chi connectivity index (χ2n) is 7.59. The van der Waals surface area contributed by atoms with Gasteiger partial charge >= 0.3 is 0 Å². The van der Waals surface area contributed by atoms with Gasteiger partial charge in [-0.15, -0.1) is 0 Å². The van der Waals surface area contributed by atoms with Crippen molar-refractivity contribution < 1.29 is 4.79 Å². The molecule has 0 bridgehead atoms. The third-order valence-electron chi connectivity index (χ3n) is 4.43. The maximum Gasteiger partial charge on any atom is 0.222 e. The number of carbonyl (C=O) groups is 1. The fourth-order valence-corrected chi connectivity index (χ4v) is 3.00. The molecule has 0 aromatic heterocycles. The first kappa shape index (κ1) is 17.5. The number of rotatable bonds is 5. The van der Waals surface area contributed by atoms with E-state index >= 15 is 0 Å². The Balaban J connectivity index is 2.31. The number of hydrogen-bond acceptors (Lipinski definition) is 2. The zero-order valence-electron chi connectivity index (χ0n) is 14.2. The second-order valence-corrected chi connectivity index (χ2v) is 7.59. The Morgan fingerprint density at radius 3 is 2.55 bits per heavy atom. The monoisotopic (exact) mass is 282 g/mol. The highest BCUT2D eigenvalue weighted by atomic mass is 16.2. The Hall–Kier alpha value is -0.570. The molecule has 0 aliphatic carbocycles. The molecule has 0 radical (unpaired) electrons. The maximum absolute atomic E-state index is 12.3. The summed E-state index contributed by atoms with van der Waals surface area (Å²) in [5.41, 5.74) is 0.375. The van der Waals surface area contributed by atoms with Crippen molar-refractivity contribution in [3.63, 3.8) is 0 Å². The van der Waals surface area contributed by atoms with Gasteiger partial charge in [0.05, 0.1) is 0 Å². The van der Waals surface area contributed by atoms with Crippen LogP contribution < -0.4 is 5.32 Å². The first-order valence-electron chi connectivity index (χ1n) is 8.32. The zero-order chi connectivity index (χ0) is 15.2. The quantitative estimate of drug-likeness (QED) is 0.783. The molecule has 1 rings (SSSR count). The number of carbonyl (C=O) groups excluding carboxylic acids is 1. The van der Waals surface area contributed by atoms with Gasteiger partial charge in [-0.1, -0.05) is 34.6 Å². The molecule has 0 spiro atoms. The van der Waals surface area contributed by atoms with Gasteiger partial charge in [0.25, 0.3) is 0 Å². The third kappa shape index (κ3) is 6.25. The van der Waals surface area contributed by atoms with E-state index in [0.717, 1.165) is 38.4 Å². The molecule has 0 aromatic carbocycles. The van der Waals surface area contributed by atoms with E-state index in [2.05, 4.69) is 44.8 Å². The molecule has 20 heavy (non-hydrogen) atoms. The van der Waals surface area contributed by atoms with Gasteiger partial charge in [-0.25, -0.2) is 0 Å². The summed E-state index contributed by atoms with van der Waals surface area (Å²) in [5.74, 6) is 1.10. The van der Waals surface area contributed by atoms with Crippen molar-refractivity contribution in [1.82, 2.24) is 10.2 Å². The van der Waals surface area contributed by atoms with Crippen LogP contribution in [0.5, 0.6) is 0 Å². The molecule has 118 valence electrons. The van der Waals surface area contributed by atoms with Crippen LogP contribution in [-0.4, -0.2) is 36.5 Å². The van der Waals surface area contributed by atoms with Crippen LogP contribution >= 0.6 is 0 Å². The topological polar surface area (TPSA) is 32.3 Å². The van der Waals surface area contributed by atoms with E-state index in [1.807, 2.05) is 0 Å². The summed E-state index contributed by atoms with van der Waals surface area (Å²) in [4.78, 5) is 14.3. The Labute approximate surface area is 125 Å². The lowest BCUT2D eigenvalue weighted by Crippen LogP contribution is -2.33. The molecule has 3 nitrogen and oxygen atoms in total. The van der Waals surface area contributed by atoms with Crippen molar-refractivity contribution in [3.05, 3.63) is 0 Å². The van der Waals surface area contributed by atoms with Crippen LogP contribution in [0.3, 0.4) is 0 Å². The minimum Gasteiger partial charge on any atom is -0.343 e. The van der Waals surface area contributed by atoms with E-state index < -0.39 is 0 Å². The predicted octanol–water partition coefficient (Wildman–Crippen LogP) is 3.44. The predicted molar refractivity (Wildman–Crippen MR) is 85.7 cm³/mol. The maximum atomic E-state index is 12.3. The van der Waals surface area contributed by atoms with Crippen molar-refractivity contribution in [2.45, 2.75) is 72.8 Å². The van der Waals surface area contributed by atoms with E-state index in [9.17, 15) is 4.79 Å². The minimum atomic E-state index is 0.352. The molecule has 0 saturated carbocycles. The van der Waals surface area contributed by atoms with Crippen molar-refractivity contribution >= 4 is 5.91 Å². The number of nitrogens with one attached hydrogen (secondary N) is 1. The van der Waals surface area contributed by atoms with Gasteiger partial charge in [-0.3, -0.25) is 4.79 Å². The average Bonchev–Trinajstić information content (AvgIpc) is 2.59. The van der Waals surface area contributed by atoms with Crippen LogP contribution in [-0.2, 0) is 4.79 Å². The summed E-state index contributed by atoms with van der Waals surface area (Å²) >= 11 is 0. The van der Waals surface area contributed by atoms with Gasteiger partial charge in [0.1, 0.15) is 0 Å². The summed E-state index contributed by atoms with van der Waals surface area (Å²) in [6.07, 6.45) is 5.25. The Morgan fingerprint density at radius 2 is 1.95 bits per heavy atom. The average molecular weight is 282 g/mol. The largest absolute Gasteiger partial charge is 0.343 e. The number of amides is 1. The van der Waals surface area contributed by atoms with Gasteiger partial charge in [-0.2, -0.15) is 0 Å². The number of likely N-dealkylation sites (tertiary alicyclic amines) is 1. The molecule has 1 N–H and O–H groups in total. The smallest absolute Gasteiger partial charge is 0.222 e. The van der Waals surface area contributed by atoms with Gasteiger partial charge in [0.15, 0.2) is 0 Å². The molecule has 1 heterocycles. The van der Waals surface area contributed by atoms with Crippen molar-refractivity contribution in [1.29, 1.82) is 0 Å². The molecule has 1 unspecified atom stereocenters. The van der Waals surface area contributed by atoms with Crippen molar-refractivity contribution in [3.8, 4) is 0 Å². The highest BCUT2D eigenvalue weighted by Crippen LogP contribution is 2.34. The summed E-state index contributed by atoms with van der Waals surface area (Å²) in [5, 5.41) is 3.37. The summed E-state index contributed by atoms with van der Waals surface area (Å²) < 4.78 is 0. The summed E-state index contributed by atoms with van der Waals surface area (Å²) in [6, 6.07) is 0.510. The highest BCUT2D eigenvalue weighted by molar-refractivity contribution is 5.76. The third-order valence-corrected chi connectivity index (χ3v) is 4.43. The van der Waals surface area contributed by atoms with Crippen LogP contribution in [0.15, 0.2) is 0 Å². The van der Waals surface area contributed by atoms with Gasteiger partial charge in [-0.05, 0) is 43.6 Å². The molecule has 1 aliphatic rings. The molecule has 3 heteroatoms. The van der Waals surface area contributed by atoms with Crippen LogP contribution in [0.2, 0.25) is 0 Å². The summed E-state index contributed by atoms with van der Waals surface area (Å²) in [7, 11) is 0. The van der Waals surface area contributed by atoms with Gasteiger partial charge in [0.2, 0.25) is 5.91 Å². The molecule has 1 fully saturated rings. The zero-order valence-corrected chi connectivity index (χ0v) is 14.2. The molecular formula is C17H34N2O. The molecule has 1 amide bonds. The van der Waals surface area contributed by atoms with Crippen LogP contribution in [0.1, 0.15) is 66.7 Å². The standard InChI is InChI=1S/C17H34N2O/c1-14(2)18-11-6-9-16(20)19-12-7-8-15(10-13-19)17(3,4)5/h14-15,18H,6-13H2,1-5H3. The van der Waals surface area contributed by atoms with Gasteiger partial charge in [0, 0.05) is 25.6 Å². The lowest BCUT2D eigenvalue weighted by atomic mass is 9.77. The molecular weight excluding hydrogens is 248 g/mol. The summed E-state index contributed by atoms with van der Waals surface area (Å²) in [6.45, 7) is 14.1. The normalized spacial score (nSPS) is 21.1. The van der Waals surface area contributed by atoms with E-state index in [-0.39, 0.29) is 0 Å². The SMILES string of the molecule is CC(C)NCCCC(=O)N1CCCC(C(C)(C)C)CC1. The van der Waals surface area contributed by atoms with Crippen LogP contribution in [0.4, 0.5) is 0 Å². The molecule has 1 aliphatic heterocycles. The number of hydrogen-bond donors (Lipinski definition) is 1. The number of nitrogens with zero attached hydrogens (tertiary/aromatic N) is 1. The highest BCUT2D eigenvalue weighted by Gasteiger charge is 2.28. The minimum absolute atomic E-state index is 0.352. The van der Waals surface area contributed by atoms with E-state index in [0.29, 0.717) is 23.8 Å². The van der Waals surface area contributed by atoms with Crippen LogP contribution in [0, 0.1) is 11.3 Å². The molecule has 1 saturated heterocycles. The Kier molecular flexibility index (Phi) is 7.01. The van der Waals surface area contributed by atoms with Gasteiger partial charge < -0.3 is 10.2 Å². The fraction of sp³-hybridized carbons (Fsp3) is 0.941. The van der Waals surface area contributed by atoms with Crippen molar-refractivity contribution in [2.24, 2.45) is 11.3 Å². The second kappa shape index (κ2) is 8.02. The first-order valence-corrected chi connectivity index (χ1v) is 8.32. The van der Waals surface area contributed by atoms with E-state index in [4.69, 9.17) is 0 Å². The van der Waals surface area contributed by atoms with Crippen LogP contribution in [0.25, 0.3) is 0 Å². The molecule has 0 aromatic rings. The van der Waals surface area contributed by atoms with Crippen molar-refractivity contribution in [2.75, 3.05) is 19.6 Å². The first-order chi connectivity index (χ1) is 9.30. The lowest BCUT2D eigenvalue weighted by molar-refractivity contribution is -0.131. The molecule has 1 atom stereocenters. The lowest BCUT2D eigenvalue weighted by Gasteiger charge is -2.29. The Bertz CT molecular complexity index is 294.